The highest BCUT2D eigenvalue weighted by atomic mass is 32.1. The number of benzene rings is 1. The summed E-state index contributed by atoms with van der Waals surface area (Å²) in [7, 11) is 0. The van der Waals surface area contributed by atoms with Crippen LogP contribution in [0.1, 0.15) is 10.4 Å². The number of rotatable bonds is 5. The van der Waals surface area contributed by atoms with Crippen LogP contribution < -0.4 is 5.32 Å². The van der Waals surface area contributed by atoms with Crippen LogP contribution in [-0.2, 0) is 17.9 Å². The zero-order valence-electron chi connectivity index (χ0n) is 10.4. The molecule has 1 aromatic carbocycles. The SMILES string of the molecule is O=C(NCc1cccs1)OCc1ccc([N+](=O)[O-])cc1. The van der Waals surface area contributed by atoms with Crippen LogP contribution in [0.2, 0.25) is 0 Å². The van der Waals surface area contributed by atoms with Crippen molar-refractivity contribution >= 4 is 23.1 Å². The van der Waals surface area contributed by atoms with Gasteiger partial charge in [0, 0.05) is 17.0 Å². The summed E-state index contributed by atoms with van der Waals surface area (Å²) < 4.78 is 5.01. The molecule has 2 rings (SSSR count). The van der Waals surface area contributed by atoms with Gasteiger partial charge in [0.2, 0.25) is 0 Å². The van der Waals surface area contributed by atoms with E-state index >= 15 is 0 Å². The standard InChI is InChI=1S/C13H12N2O4S/c16-13(14-8-12-2-1-7-20-12)19-9-10-3-5-11(6-4-10)15(17)18/h1-7H,8-9H2,(H,14,16). The average molecular weight is 292 g/mol. The number of nitrogens with zero attached hydrogens (tertiary/aromatic N) is 1. The predicted molar refractivity (Wildman–Crippen MR) is 74.4 cm³/mol. The Morgan fingerprint density at radius 2 is 2.05 bits per heavy atom. The zero-order valence-corrected chi connectivity index (χ0v) is 11.3. The molecule has 2 aromatic rings. The molecule has 0 unspecified atom stereocenters. The largest absolute Gasteiger partial charge is 0.445 e. The lowest BCUT2D eigenvalue weighted by Crippen LogP contribution is -2.23. The van der Waals surface area contributed by atoms with Gasteiger partial charge in [-0.1, -0.05) is 6.07 Å². The summed E-state index contributed by atoms with van der Waals surface area (Å²) in [5.74, 6) is 0. The molecule has 6 nitrogen and oxygen atoms in total. The van der Waals surface area contributed by atoms with Crippen molar-refractivity contribution in [1.29, 1.82) is 0 Å². The first-order valence-corrected chi connectivity index (χ1v) is 6.69. The second kappa shape index (κ2) is 6.67. The van der Waals surface area contributed by atoms with E-state index in [-0.39, 0.29) is 12.3 Å². The molecular weight excluding hydrogens is 280 g/mol. The minimum atomic E-state index is -0.517. The molecule has 0 saturated carbocycles. The molecule has 0 spiro atoms. The summed E-state index contributed by atoms with van der Waals surface area (Å²) in [6.07, 6.45) is -0.517. The molecule has 0 fully saturated rings. The predicted octanol–water partition coefficient (Wildman–Crippen LogP) is 3.08. The lowest BCUT2D eigenvalue weighted by molar-refractivity contribution is -0.384. The summed E-state index contributed by atoms with van der Waals surface area (Å²) in [6, 6.07) is 9.70. The van der Waals surface area contributed by atoms with Gasteiger partial charge in [-0.25, -0.2) is 4.79 Å². The van der Waals surface area contributed by atoms with Crippen LogP contribution in [0.3, 0.4) is 0 Å². The van der Waals surface area contributed by atoms with Gasteiger partial charge in [-0.3, -0.25) is 10.1 Å². The van der Waals surface area contributed by atoms with Gasteiger partial charge in [-0.05, 0) is 29.1 Å². The fraction of sp³-hybridized carbons (Fsp3) is 0.154. The van der Waals surface area contributed by atoms with Crippen molar-refractivity contribution in [3.05, 3.63) is 62.3 Å². The quantitative estimate of drug-likeness (QED) is 0.678. The Balaban J connectivity index is 1.76. The molecule has 1 N–H and O–H groups in total. The molecule has 0 aliphatic rings. The Kier molecular flexibility index (Phi) is 4.67. The average Bonchev–Trinajstić information content (AvgIpc) is 2.96. The van der Waals surface area contributed by atoms with E-state index < -0.39 is 11.0 Å². The Morgan fingerprint density at radius 1 is 1.30 bits per heavy atom. The van der Waals surface area contributed by atoms with E-state index in [1.807, 2.05) is 17.5 Å². The topological polar surface area (TPSA) is 81.5 Å². The highest BCUT2D eigenvalue weighted by Crippen LogP contribution is 2.12. The highest BCUT2D eigenvalue weighted by Gasteiger charge is 2.06. The molecule has 1 amide bonds. The van der Waals surface area contributed by atoms with Gasteiger partial charge in [0.25, 0.3) is 5.69 Å². The third kappa shape index (κ3) is 4.06. The molecule has 7 heteroatoms. The number of thiophene rings is 1. The van der Waals surface area contributed by atoms with Gasteiger partial charge in [-0.2, -0.15) is 0 Å². The number of carbonyl (C=O) groups is 1. The van der Waals surface area contributed by atoms with Gasteiger partial charge in [-0.15, -0.1) is 11.3 Å². The number of nitro groups is 1. The van der Waals surface area contributed by atoms with Crippen molar-refractivity contribution < 1.29 is 14.5 Å². The minimum Gasteiger partial charge on any atom is -0.445 e. The van der Waals surface area contributed by atoms with E-state index in [1.54, 1.807) is 23.5 Å². The second-order valence-electron chi connectivity index (χ2n) is 3.93. The molecule has 0 radical (unpaired) electrons. The zero-order chi connectivity index (χ0) is 14.4. The molecule has 1 heterocycles. The molecule has 0 aliphatic heterocycles. The number of hydrogen-bond acceptors (Lipinski definition) is 5. The fourth-order valence-electron chi connectivity index (χ4n) is 1.49. The number of nitro benzene ring substituents is 1. The van der Waals surface area contributed by atoms with Crippen LogP contribution in [0.4, 0.5) is 10.5 Å². The lowest BCUT2D eigenvalue weighted by atomic mass is 10.2. The third-order valence-electron chi connectivity index (χ3n) is 2.50. The number of ether oxygens (including phenoxy) is 1. The first kappa shape index (κ1) is 14.0. The maximum absolute atomic E-state index is 11.4. The summed E-state index contributed by atoms with van der Waals surface area (Å²) in [4.78, 5) is 22.5. The molecule has 104 valence electrons. The van der Waals surface area contributed by atoms with E-state index in [0.29, 0.717) is 12.1 Å². The van der Waals surface area contributed by atoms with Crippen LogP contribution in [0.25, 0.3) is 0 Å². The van der Waals surface area contributed by atoms with E-state index in [4.69, 9.17) is 4.74 Å². The molecule has 0 aliphatic carbocycles. The Hall–Kier alpha value is -2.41. The van der Waals surface area contributed by atoms with Crippen LogP contribution >= 0.6 is 11.3 Å². The molecule has 20 heavy (non-hydrogen) atoms. The first-order valence-electron chi connectivity index (χ1n) is 5.81. The van der Waals surface area contributed by atoms with Crippen LogP contribution in [0.15, 0.2) is 41.8 Å². The third-order valence-corrected chi connectivity index (χ3v) is 3.38. The Morgan fingerprint density at radius 3 is 2.65 bits per heavy atom. The van der Waals surface area contributed by atoms with Gasteiger partial charge >= 0.3 is 6.09 Å². The Bertz CT molecular complexity index is 581. The number of carbonyl (C=O) groups excluding carboxylic acids is 1. The maximum atomic E-state index is 11.4. The van der Waals surface area contributed by atoms with Crippen LogP contribution in [0, 0.1) is 10.1 Å². The van der Waals surface area contributed by atoms with Crippen molar-refractivity contribution in [1.82, 2.24) is 5.32 Å². The molecule has 0 saturated heterocycles. The van der Waals surface area contributed by atoms with E-state index in [0.717, 1.165) is 4.88 Å². The summed E-state index contributed by atoms with van der Waals surface area (Å²) in [5, 5.41) is 15.0. The summed E-state index contributed by atoms with van der Waals surface area (Å²) >= 11 is 1.55. The van der Waals surface area contributed by atoms with Gasteiger partial charge < -0.3 is 10.1 Å². The van der Waals surface area contributed by atoms with Gasteiger partial charge in [0.15, 0.2) is 0 Å². The highest BCUT2D eigenvalue weighted by molar-refractivity contribution is 7.09. The summed E-state index contributed by atoms with van der Waals surface area (Å²) in [5.41, 5.74) is 0.706. The summed E-state index contributed by atoms with van der Waals surface area (Å²) in [6.45, 7) is 0.505. The Labute approximate surface area is 119 Å². The molecule has 0 atom stereocenters. The van der Waals surface area contributed by atoms with Crippen molar-refractivity contribution in [2.45, 2.75) is 13.2 Å². The van der Waals surface area contributed by atoms with Crippen molar-refractivity contribution in [3.63, 3.8) is 0 Å². The minimum absolute atomic E-state index is 0.0101. The molecule has 1 aromatic heterocycles. The number of nitrogens with one attached hydrogen (secondary N) is 1. The van der Waals surface area contributed by atoms with E-state index in [2.05, 4.69) is 5.32 Å². The number of alkyl carbamates (subject to hydrolysis) is 1. The van der Waals surface area contributed by atoms with Crippen molar-refractivity contribution in [2.75, 3.05) is 0 Å². The fourth-order valence-corrected chi connectivity index (χ4v) is 2.13. The van der Waals surface area contributed by atoms with Gasteiger partial charge in [0.1, 0.15) is 6.61 Å². The molecular formula is C13H12N2O4S. The smallest absolute Gasteiger partial charge is 0.407 e. The lowest BCUT2D eigenvalue weighted by Gasteiger charge is -2.06. The van der Waals surface area contributed by atoms with Gasteiger partial charge in [0.05, 0.1) is 11.5 Å². The van der Waals surface area contributed by atoms with Crippen molar-refractivity contribution in [2.24, 2.45) is 0 Å². The van der Waals surface area contributed by atoms with E-state index in [9.17, 15) is 14.9 Å². The van der Waals surface area contributed by atoms with Crippen molar-refractivity contribution in [3.8, 4) is 0 Å². The number of non-ortho nitro benzene ring substituents is 1. The number of amides is 1. The number of hydrogen-bond donors (Lipinski definition) is 1. The normalized spacial score (nSPS) is 10.0. The van der Waals surface area contributed by atoms with E-state index in [1.165, 1.54) is 12.1 Å². The maximum Gasteiger partial charge on any atom is 0.407 e. The molecule has 0 bridgehead atoms. The monoisotopic (exact) mass is 292 g/mol. The van der Waals surface area contributed by atoms with Crippen LogP contribution in [0.5, 0.6) is 0 Å². The second-order valence-corrected chi connectivity index (χ2v) is 4.96. The first-order chi connectivity index (χ1) is 9.65. The van der Waals surface area contributed by atoms with Crippen LogP contribution in [-0.4, -0.2) is 11.0 Å².